The standard InChI is InChI=1S/C21H20ClF3N4O2S/c1-28(10-16(24)25)12-8-15-17(21(30)31-2)18(13-4-3-11(23)7-14(13)22)27-19(29(15)9-12)20-26-5-6-32-20/h3-7,12,16,18H,8-10H2,1-2H3/t12-,18-/m0/s1. The van der Waals surface area contributed by atoms with Crippen LogP contribution in [0, 0.1) is 5.82 Å². The van der Waals surface area contributed by atoms with Gasteiger partial charge in [0, 0.05) is 46.9 Å². The van der Waals surface area contributed by atoms with Crippen molar-refractivity contribution in [1.29, 1.82) is 0 Å². The van der Waals surface area contributed by atoms with Crippen LogP contribution in [0.25, 0.3) is 0 Å². The number of benzene rings is 1. The molecule has 0 saturated carbocycles. The summed E-state index contributed by atoms with van der Waals surface area (Å²) in [5.74, 6) is -0.599. The van der Waals surface area contributed by atoms with Crippen LogP contribution >= 0.6 is 22.9 Å². The summed E-state index contributed by atoms with van der Waals surface area (Å²) in [5, 5.41) is 2.54. The Kier molecular flexibility index (Phi) is 6.55. The Morgan fingerprint density at radius 3 is 2.84 bits per heavy atom. The lowest BCUT2D eigenvalue weighted by Crippen LogP contribution is -2.40. The van der Waals surface area contributed by atoms with Gasteiger partial charge in [-0.1, -0.05) is 17.7 Å². The van der Waals surface area contributed by atoms with E-state index in [9.17, 15) is 18.0 Å². The molecule has 0 amide bonds. The summed E-state index contributed by atoms with van der Waals surface area (Å²) in [6.07, 6.45) is -0.504. The number of ether oxygens (including phenoxy) is 1. The predicted octanol–water partition coefficient (Wildman–Crippen LogP) is 4.14. The second kappa shape index (κ2) is 9.21. The summed E-state index contributed by atoms with van der Waals surface area (Å²) in [4.78, 5) is 25.4. The Morgan fingerprint density at radius 2 is 2.22 bits per heavy atom. The molecule has 0 N–H and O–H groups in total. The highest BCUT2D eigenvalue weighted by Gasteiger charge is 2.43. The van der Waals surface area contributed by atoms with Crippen molar-refractivity contribution in [3.63, 3.8) is 0 Å². The van der Waals surface area contributed by atoms with Gasteiger partial charge < -0.3 is 9.64 Å². The molecule has 11 heteroatoms. The van der Waals surface area contributed by atoms with Crippen molar-refractivity contribution in [3.05, 3.63) is 62.5 Å². The van der Waals surface area contributed by atoms with Gasteiger partial charge in [-0.25, -0.2) is 22.9 Å². The number of halogens is 4. The van der Waals surface area contributed by atoms with Crippen molar-refractivity contribution in [1.82, 2.24) is 14.8 Å². The maximum Gasteiger partial charge on any atom is 0.338 e. The molecule has 32 heavy (non-hydrogen) atoms. The van der Waals surface area contributed by atoms with E-state index in [-0.39, 0.29) is 16.6 Å². The molecule has 2 aliphatic rings. The normalized spacial score (nSPS) is 20.8. The zero-order valence-electron chi connectivity index (χ0n) is 17.3. The molecule has 0 radical (unpaired) electrons. The van der Waals surface area contributed by atoms with Gasteiger partial charge in [-0.05, 0) is 19.2 Å². The van der Waals surface area contributed by atoms with E-state index in [0.717, 1.165) is 6.07 Å². The fourth-order valence-electron chi connectivity index (χ4n) is 4.06. The van der Waals surface area contributed by atoms with Crippen LogP contribution in [-0.2, 0) is 9.53 Å². The number of alkyl halides is 2. The number of nitrogens with zero attached hydrogens (tertiary/aromatic N) is 4. The molecule has 0 unspecified atom stereocenters. The zero-order chi connectivity index (χ0) is 23.0. The molecule has 2 aliphatic heterocycles. The first-order valence-electron chi connectivity index (χ1n) is 9.80. The van der Waals surface area contributed by atoms with Crippen LogP contribution in [0.4, 0.5) is 13.2 Å². The Balaban J connectivity index is 1.86. The SMILES string of the molecule is COC(=O)C1=C2C[C@H](N(C)CC(F)F)CN2C(c2nccs2)=N[C@H]1c1ccc(F)cc1Cl. The lowest BCUT2D eigenvalue weighted by molar-refractivity contribution is -0.136. The minimum Gasteiger partial charge on any atom is -0.466 e. The molecule has 6 nitrogen and oxygen atoms in total. The summed E-state index contributed by atoms with van der Waals surface area (Å²) < 4.78 is 44.8. The number of hydrogen-bond acceptors (Lipinski definition) is 7. The van der Waals surface area contributed by atoms with E-state index in [1.165, 1.54) is 30.6 Å². The molecule has 2 aromatic rings. The van der Waals surface area contributed by atoms with E-state index in [1.54, 1.807) is 23.5 Å². The molecule has 3 heterocycles. The number of rotatable bonds is 6. The van der Waals surface area contributed by atoms with Gasteiger partial charge in [0.1, 0.15) is 11.9 Å². The lowest BCUT2D eigenvalue weighted by atomic mass is 9.94. The summed E-state index contributed by atoms with van der Waals surface area (Å²) >= 11 is 7.69. The van der Waals surface area contributed by atoms with Gasteiger partial charge in [-0.3, -0.25) is 9.89 Å². The number of amidine groups is 1. The molecule has 0 bridgehead atoms. The third-order valence-electron chi connectivity index (χ3n) is 5.57. The van der Waals surface area contributed by atoms with E-state index < -0.39 is 30.8 Å². The highest BCUT2D eigenvalue weighted by Crippen LogP contribution is 2.43. The van der Waals surface area contributed by atoms with Crippen LogP contribution in [0.3, 0.4) is 0 Å². The van der Waals surface area contributed by atoms with Gasteiger partial charge in [0.25, 0.3) is 6.43 Å². The van der Waals surface area contributed by atoms with Gasteiger partial charge in [0.15, 0.2) is 10.8 Å². The average molecular weight is 485 g/mol. The van der Waals surface area contributed by atoms with Gasteiger partial charge in [-0.2, -0.15) is 0 Å². The maximum absolute atomic E-state index is 13.7. The summed E-state index contributed by atoms with van der Waals surface area (Å²) in [5.41, 5.74) is 1.32. The number of fused-ring (bicyclic) bond motifs is 1. The first-order valence-corrected chi connectivity index (χ1v) is 11.1. The summed E-state index contributed by atoms with van der Waals surface area (Å²) in [7, 11) is 2.89. The molecule has 1 aromatic heterocycles. The molecule has 4 rings (SSSR count). The van der Waals surface area contributed by atoms with Crippen molar-refractivity contribution in [3.8, 4) is 0 Å². The highest BCUT2D eigenvalue weighted by molar-refractivity contribution is 7.11. The van der Waals surface area contributed by atoms with Crippen LogP contribution in [0.2, 0.25) is 5.02 Å². The second-order valence-corrected chi connectivity index (χ2v) is 8.81. The zero-order valence-corrected chi connectivity index (χ0v) is 18.8. The topological polar surface area (TPSA) is 58.0 Å². The van der Waals surface area contributed by atoms with Gasteiger partial charge >= 0.3 is 5.97 Å². The van der Waals surface area contributed by atoms with Crippen molar-refractivity contribution in [2.45, 2.75) is 24.9 Å². The molecular weight excluding hydrogens is 465 g/mol. The Bertz CT molecular complexity index is 1080. The predicted molar refractivity (Wildman–Crippen MR) is 116 cm³/mol. The average Bonchev–Trinajstić information content (AvgIpc) is 3.42. The van der Waals surface area contributed by atoms with E-state index in [1.807, 2.05) is 4.90 Å². The van der Waals surface area contributed by atoms with Gasteiger partial charge in [0.2, 0.25) is 0 Å². The number of carbonyl (C=O) groups excluding carboxylic acids is 1. The van der Waals surface area contributed by atoms with Crippen molar-refractivity contribution >= 4 is 34.7 Å². The monoisotopic (exact) mass is 484 g/mol. The number of hydrogen-bond donors (Lipinski definition) is 0. The van der Waals surface area contributed by atoms with Gasteiger partial charge in [0.05, 0.1) is 19.2 Å². The van der Waals surface area contributed by atoms with Crippen LogP contribution < -0.4 is 0 Å². The first-order chi connectivity index (χ1) is 15.3. The smallest absolute Gasteiger partial charge is 0.338 e. The molecule has 1 fully saturated rings. The third kappa shape index (κ3) is 4.26. The van der Waals surface area contributed by atoms with E-state index in [0.29, 0.717) is 35.1 Å². The van der Waals surface area contributed by atoms with E-state index in [4.69, 9.17) is 21.3 Å². The van der Waals surface area contributed by atoms with E-state index >= 15 is 0 Å². The Hall–Kier alpha value is -2.43. The van der Waals surface area contributed by atoms with Crippen molar-refractivity contribution in [2.24, 2.45) is 4.99 Å². The molecular formula is C21H20ClF3N4O2S. The van der Waals surface area contributed by atoms with Crippen molar-refractivity contribution in [2.75, 3.05) is 27.2 Å². The number of thiazole rings is 1. The second-order valence-electron chi connectivity index (χ2n) is 7.51. The van der Waals surface area contributed by atoms with Crippen LogP contribution in [-0.4, -0.2) is 66.3 Å². The third-order valence-corrected chi connectivity index (χ3v) is 6.67. The van der Waals surface area contributed by atoms with Gasteiger partial charge in [-0.15, -0.1) is 11.3 Å². The quantitative estimate of drug-likeness (QED) is 0.577. The fourth-order valence-corrected chi connectivity index (χ4v) is 4.97. The minimum atomic E-state index is -2.48. The largest absolute Gasteiger partial charge is 0.466 e. The van der Waals surface area contributed by atoms with Crippen LogP contribution in [0.15, 0.2) is 46.0 Å². The van der Waals surface area contributed by atoms with E-state index in [2.05, 4.69) is 4.98 Å². The fraction of sp³-hybridized carbons (Fsp3) is 0.381. The number of likely N-dealkylation sites (N-methyl/N-ethyl adjacent to an activating group) is 1. The molecule has 0 aliphatic carbocycles. The highest BCUT2D eigenvalue weighted by atomic mass is 35.5. The van der Waals surface area contributed by atoms with Crippen LogP contribution in [0.1, 0.15) is 23.0 Å². The lowest BCUT2D eigenvalue weighted by Gasteiger charge is -2.31. The number of esters is 1. The number of carbonyl (C=O) groups is 1. The summed E-state index contributed by atoms with van der Waals surface area (Å²) in [6, 6.07) is 2.78. The Morgan fingerprint density at radius 1 is 1.44 bits per heavy atom. The number of aromatic nitrogens is 1. The molecule has 1 saturated heterocycles. The first kappa shape index (κ1) is 22.8. The van der Waals surface area contributed by atoms with Crippen molar-refractivity contribution < 1.29 is 22.7 Å². The molecule has 1 aromatic carbocycles. The number of aliphatic imine (C=N–C) groups is 1. The molecule has 170 valence electrons. The Labute approximate surface area is 192 Å². The van der Waals surface area contributed by atoms with Crippen LogP contribution in [0.5, 0.6) is 0 Å². The summed E-state index contributed by atoms with van der Waals surface area (Å²) in [6.45, 7) is -0.0301. The minimum absolute atomic E-state index is 0.122. The molecule has 0 spiro atoms. The molecule has 2 atom stereocenters. The maximum atomic E-state index is 13.7. The number of methoxy groups -OCH3 is 1.